The Labute approximate surface area is 234 Å². The Balaban J connectivity index is 1.21. The first kappa shape index (κ1) is 27.4. The number of H-pyrrole nitrogens is 2. The first-order valence-electron chi connectivity index (χ1n) is 14.0. The molecule has 2 aromatic carbocycles. The van der Waals surface area contributed by atoms with Crippen LogP contribution < -0.4 is 16.6 Å². The highest BCUT2D eigenvalue weighted by molar-refractivity contribution is 5.85. The van der Waals surface area contributed by atoms with E-state index in [0.717, 1.165) is 48.0 Å². The second kappa shape index (κ2) is 12.3. The number of aromatic amines is 2. The lowest BCUT2D eigenvalue weighted by Gasteiger charge is -2.33. The zero-order valence-electron chi connectivity index (χ0n) is 22.9. The quantitative estimate of drug-likeness (QED) is 0.258. The minimum Gasteiger partial charge on any atom is -0.358 e. The van der Waals surface area contributed by atoms with Gasteiger partial charge in [0.2, 0.25) is 17.4 Å². The van der Waals surface area contributed by atoms with Crippen LogP contribution in [0.25, 0.3) is 22.0 Å². The van der Waals surface area contributed by atoms with E-state index < -0.39 is 0 Å². The number of rotatable bonds is 9. The maximum atomic E-state index is 13.3. The van der Waals surface area contributed by atoms with Gasteiger partial charge < -0.3 is 25.9 Å². The molecule has 0 radical (unpaired) electrons. The number of carbonyl (C=O) groups is 2. The zero-order valence-corrected chi connectivity index (χ0v) is 22.9. The second-order valence-electron chi connectivity index (χ2n) is 10.8. The predicted molar refractivity (Wildman–Crippen MR) is 158 cm³/mol. The van der Waals surface area contributed by atoms with Crippen molar-refractivity contribution >= 4 is 22.7 Å². The number of amides is 2. The number of hydrogen-bond acceptors (Lipinski definition) is 4. The predicted octanol–water partition coefficient (Wildman–Crippen LogP) is 3.87. The molecule has 3 heterocycles. The smallest absolute Gasteiger partial charge is 0.247 e. The van der Waals surface area contributed by atoms with Crippen molar-refractivity contribution in [1.29, 1.82) is 0 Å². The highest BCUT2D eigenvalue weighted by Crippen LogP contribution is 2.33. The van der Waals surface area contributed by atoms with Crippen molar-refractivity contribution in [3.8, 4) is 11.1 Å². The summed E-state index contributed by atoms with van der Waals surface area (Å²) in [7, 11) is 0. The van der Waals surface area contributed by atoms with Crippen LogP contribution in [0.4, 0.5) is 0 Å². The molecule has 0 spiro atoms. The molecule has 1 unspecified atom stereocenters. The molecule has 2 atom stereocenters. The second-order valence-corrected chi connectivity index (χ2v) is 10.8. The number of benzene rings is 2. The van der Waals surface area contributed by atoms with Crippen molar-refractivity contribution in [2.45, 2.75) is 51.0 Å². The number of carbonyl (C=O) groups excluding carboxylic acids is 2. The molecule has 8 heteroatoms. The minimum atomic E-state index is -0.270. The number of pyridine rings is 1. The summed E-state index contributed by atoms with van der Waals surface area (Å²) < 4.78 is 0. The summed E-state index contributed by atoms with van der Waals surface area (Å²) in [5, 5.41) is 4.10. The molecule has 8 nitrogen and oxygen atoms in total. The van der Waals surface area contributed by atoms with E-state index in [1.165, 1.54) is 29.6 Å². The van der Waals surface area contributed by atoms with Crippen LogP contribution in [-0.4, -0.2) is 52.4 Å². The van der Waals surface area contributed by atoms with Crippen molar-refractivity contribution in [2.75, 3.05) is 19.6 Å². The molecule has 1 fully saturated rings. The fourth-order valence-electron chi connectivity index (χ4n) is 5.79. The molecule has 0 bridgehead atoms. The summed E-state index contributed by atoms with van der Waals surface area (Å²) in [5.74, 6) is 0.281. The maximum absolute atomic E-state index is 13.3. The van der Waals surface area contributed by atoms with Crippen LogP contribution in [0.5, 0.6) is 0 Å². The Bertz CT molecular complexity index is 1520. The Morgan fingerprint density at radius 2 is 1.85 bits per heavy atom. The van der Waals surface area contributed by atoms with Crippen molar-refractivity contribution < 1.29 is 9.59 Å². The number of nitrogens with one attached hydrogen (secondary N) is 3. The number of nitrogens with two attached hydrogens (primary N) is 1. The number of para-hydroxylation sites is 1. The molecule has 1 aliphatic rings. The molecule has 5 N–H and O–H groups in total. The van der Waals surface area contributed by atoms with Gasteiger partial charge in [0.05, 0.1) is 0 Å². The summed E-state index contributed by atoms with van der Waals surface area (Å²) in [6.45, 7) is 3.53. The average molecular weight is 540 g/mol. The van der Waals surface area contributed by atoms with Gasteiger partial charge in [0, 0.05) is 73.8 Å². The lowest BCUT2D eigenvalue weighted by molar-refractivity contribution is -0.132. The molecule has 1 saturated heterocycles. The third kappa shape index (κ3) is 6.51. The van der Waals surface area contributed by atoms with E-state index in [1.807, 2.05) is 41.3 Å². The fourth-order valence-corrected chi connectivity index (χ4v) is 5.79. The van der Waals surface area contributed by atoms with Crippen molar-refractivity contribution in [2.24, 2.45) is 5.73 Å². The lowest BCUT2D eigenvalue weighted by Crippen LogP contribution is -2.42. The maximum Gasteiger partial charge on any atom is 0.247 e. The molecular formula is C32H37N5O3. The Morgan fingerprint density at radius 3 is 2.60 bits per heavy atom. The van der Waals surface area contributed by atoms with E-state index in [4.69, 9.17) is 5.73 Å². The summed E-state index contributed by atoms with van der Waals surface area (Å²) in [5.41, 5.74) is 12.9. The highest BCUT2D eigenvalue weighted by atomic mass is 16.2. The van der Waals surface area contributed by atoms with Gasteiger partial charge in [-0.2, -0.15) is 0 Å². The summed E-state index contributed by atoms with van der Waals surface area (Å²) in [6.07, 6.45) is 5.32. The highest BCUT2D eigenvalue weighted by Gasteiger charge is 2.28. The largest absolute Gasteiger partial charge is 0.358 e. The van der Waals surface area contributed by atoms with Crippen LogP contribution >= 0.6 is 0 Å². The zero-order chi connectivity index (χ0) is 28.1. The Morgan fingerprint density at radius 1 is 1.07 bits per heavy atom. The lowest BCUT2D eigenvalue weighted by atomic mass is 9.90. The molecule has 0 saturated carbocycles. The number of aromatic nitrogens is 2. The SMILES string of the molecule is CC(=O)NCCc1c(C2CCCN(C(=O)C[C@H](N)Cc3ccc(-c4ccc(=O)[nH]c4)cc3)C2)[nH]c2ccccc12. The number of nitrogens with zero attached hydrogens (tertiary/aromatic N) is 1. The van der Waals surface area contributed by atoms with Crippen LogP contribution in [0.1, 0.15) is 48.9 Å². The molecule has 40 heavy (non-hydrogen) atoms. The third-order valence-electron chi connectivity index (χ3n) is 7.78. The van der Waals surface area contributed by atoms with Gasteiger partial charge in [0.15, 0.2) is 0 Å². The summed E-state index contributed by atoms with van der Waals surface area (Å²) >= 11 is 0. The van der Waals surface area contributed by atoms with Gasteiger partial charge >= 0.3 is 0 Å². The van der Waals surface area contributed by atoms with Gasteiger partial charge in [-0.05, 0) is 60.1 Å². The average Bonchev–Trinajstić information content (AvgIpc) is 3.32. The van der Waals surface area contributed by atoms with Gasteiger partial charge in [-0.15, -0.1) is 0 Å². The van der Waals surface area contributed by atoms with Crippen LogP contribution in [0.2, 0.25) is 0 Å². The molecule has 2 aromatic heterocycles. The van der Waals surface area contributed by atoms with Crippen molar-refractivity contribution in [3.05, 3.63) is 94.0 Å². The number of hydrogen-bond donors (Lipinski definition) is 4. The topological polar surface area (TPSA) is 124 Å². The first-order valence-corrected chi connectivity index (χ1v) is 14.0. The molecule has 4 aromatic rings. The number of fused-ring (bicyclic) bond motifs is 1. The molecule has 208 valence electrons. The van der Waals surface area contributed by atoms with Gasteiger partial charge in [-0.25, -0.2) is 0 Å². The Kier molecular flexibility index (Phi) is 8.45. The molecular weight excluding hydrogens is 502 g/mol. The van der Waals surface area contributed by atoms with Crippen LogP contribution in [0, 0.1) is 0 Å². The monoisotopic (exact) mass is 539 g/mol. The molecule has 1 aliphatic heterocycles. The van der Waals surface area contributed by atoms with Crippen LogP contribution in [0.15, 0.2) is 71.7 Å². The Hall–Kier alpha value is -4.17. The third-order valence-corrected chi connectivity index (χ3v) is 7.78. The van der Waals surface area contributed by atoms with Crippen LogP contribution in [-0.2, 0) is 22.4 Å². The minimum absolute atomic E-state index is 0.0307. The van der Waals surface area contributed by atoms with Gasteiger partial charge in [0.25, 0.3) is 0 Å². The van der Waals surface area contributed by atoms with E-state index in [0.29, 0.717) is 25.9 Å². The van der Waals surface area contributed by atoms with Gasteiger partial charge in [-0.1, -0.05) is 42.5 Å². The van der Waals surface area contributed by atoms with E-state index in [2.05, 4.69) is 27.4 Å². The van der Waals surface area contributed by atoms with E-state index in [-0.39, 0.29) is 29.3 Å². The van der Waals surface area contributed by atoms with E-state index >= 15 is 0 Å². The standard InChI is InChI=1S/C32H37N5O3/c1-21(38)34-15-14-28-27-6-2-3-7-29(27)36-32(28)25-5-4-16-37(20-25)31(40)18-26(33)17-22-8-10-23(11-9-22)24-12-13-30(39)35-19-24/h2-3,6-13,19,25-26,36H,4-5,14-18,20,33H2,1H3,(H,34,38)(H,35,39)/t25?,26-/m1/s1. The van der Waals surface area contributed by atoms with Gasteiger partial charge in [-0.3, -0.25) is 14.4 Å². The molecule has 0 aliphatic carbocycles. The molecule has 2 amide bonds. The van der Waals surface area contributed by atoms with Crippen molar-refractivity contribution in [3.63, 3.8) is 0 Å². The van der Waals surface area contributed by atoms with Crippen molar-refractivity contribution in [1.82, 2.24) is 20.2 Å². The normalized spacial score (nSPS) is 16.1. The summed E-state index contributed by atoms with van der Waals surface area (Å²) in [6, 6.07) is 19.4. The van der Waals surface area contributed by atoms with Gasteiger partial charge in [0.1, 0.15) is 0 Å². The van der Waals surface area contributed by atoms with E-state index in [9.17, 15) is 14.4 Å². The fraction of sp³-hybridized carbons (Fsp3) is 0.344. The number of piperidine rings is 1. The first-order chi connectivity index (χ1) is 19.4. The van der Waals surface area contributed by atoms with Crippen LogP contribution in [0.3, 0.4) is 0 Å². The van der Waals surface area contributed by atoms with E-state index in [1.54, 1.807) is 12.3 Å². The summed E-state index contributed by atoms with van der Waals surface area (Å²) in [4.78, 5) is 44.4. The number of likely N-dealkylation sites (tertiary alicyclic amines) is 1. The molecule has 5 rings (SSSR count).